The van der Waals surface area contributed by atoms with Gasteiger partial charge in [0.05, 0.1) is 5.69 Å². The molecule has 90 valence electrons. The zero-order chi connectivity index (χ0) is 12.5. The highest BCUT2D eigenvalue weighted by atomic mass is 79.9. The number of aromatic nitrogens is 1. The number of halogens is 1. The van der Waals surface area contributed by atoms with Crippen molar-refractivity contribution < 1.29 is 4.79 Å². The monoisotopic (exact) mass is 301 g/mol. The molecule has 0 saturated heterocycles. The number of hydrogen-bond acceptors (Lipinski definition) is 2. The molecule has 18 heavy (non-hydrogen) atoms. The van der Waals surface area contributed by atoms with Crippen molar-refractivity contribution in [1.82, 2.24) is 4.98 Å². The van der Waals surface area contributed by atoms with Crippen LogP contribution in [0.1, 0.15) is 28.9 Å². The average Bonchev–Trinajstić information content (AvgIpc) is 2.38. The fraction of sp³-hybridized carbons (Fsp3) is 0.200. The summed E-state index contributed by atoms with van der Waals surface area (Å²) in [5.74, 6) is 0.222. The second kappa shape index (κ2) is 4.65. The van der Waals surface area contributed by atoms with Crippen LogP contribution < -0.4 is 0 Å². The molecule has 1 aromatic carbocycles. The molecule has 0 radical (unpaired) electrons. The molecular formula is C15H12BrNO. The minimum atomic E-state index is 0.222. The van der Waals surface area contributed by atoms with Gasteiger partial charge in [-0.2, -0.15) is 0 Å². The SMILES string of the molecule is O=C1CCCc2nccc(-c3cccc(Br)c3)c21. The Morgan fingerprint density at radius 1 is 1.17 bits per heavy atom. The van der Waals surface area contributed by atoms with Gasteiger partial charge in [0.25, 0.3) is 0 Å². The van der Waals surface area contributed by atoms with E-state index in [0.717, 1.165) is 39.7 Å². The smallest absolute Gasteiger partial charge is 0.165 e. The topological polar surface area (TPSA) is 30.0 Å². The van der Waals surface area contributed by atoms with E-state index in [0.29, 0.717) is 6.42 Å². The Balaban J connectivity index is 2.21. The summed E-state index contributed by atoms with van der Waals surface area (Å²) in [5.41, 5.74) is 3.84. The van der Waals surface area contributed by atoms with E-state index < -0.39 is 0 Å². The van der Waals surface area contributed by atoms with Gasteiger partial charge in [0, 0.05) is 22.7 Å². The number of aryl methyl sites for hydroxylation is 1. The lowest BCUT2D eigenvalue weighted by molar-refractivity contribution is 0.0972. The van der Waals surface area contributed by atoms with E-state index in [1.165, 1.54) is 0 Å². The molecule has 3 rings (SSSR count). The summed E-state index contributed by atoms with van der Waals surface area (Å²) in [4.78, 5) is 16.5. The van der Waals surface area contributed by atoms with E-state index in [1.54, 1.807) is 6.20 Å². The normalized spacial score (nSPS) is 14.4. The highest BCUT2D eigenvalue weighted by Crippen LogP contribution is 2.31. The van der Waals surface area contributed by atoms with E-state index in [9.17, 15) is 4.79 Å². The van der Waals surface area contributed by atoms with E-state index in [-0.39, 0.29) is 5.78 Å². The number of benzene rings is 1. The minimum Gasteiger partial charge on any atom is -0.294 e. The number of fused-ring (bicyclic) bond motifs is 1. The summed E-state index contributed by atoms with van der Waals surface area (Å²) in [5, 5.41) is 0. The zero-order valence-corrected chi connectivity index (χ0v) is 11.4. The van der Waals surface area contributed by atoms with Gasteiger partial charge in [0.2, 0.25) is 0 Å². The number of rotatable bonds is 1. The van der Waals surface area contributed by atoms with Crippen LogP contribution in [0.5, 0.6) is 0 Å². The first-order chi connectivity index (χ1) is 8.75. The van der Waals surface area contributed by atoms with E-state index in [2.05, 4.69) is 20.9 Å². The first-order valence-corrected chi connectivity index (χ1v) is 6.82. The van der Waals surface area contributed by atoms with Crippen LogP contribution in [0.15, 0.2) is 41.0 Å². The third-order valence-electron chi connectivity index (χ3n) is 3.26. The quantitative estimate of drug-likeness (QED) is 0.796. The highest BCUT2D eigenvalue weighted by molar-refractivity contribution is 9.10. The van der Waals surface area contributed by atoms with Crippen molar-refractivity contribution in [2.45, 2.75) is 19.3 Å². The van der Waals surface area contributed by atoms with Gasteiger partial charge < -0.3 is 0 Å². The van der Waals surface area contributed by atoms with Gasteiger partial charge in [-0.05, 0) is 42.2 Å². The lowest BCUT2D eigenvalue weighted by Crippen LogP contribution is -2.13. The molecule has 0 N–H and O–H groups in total. The highest BCUT2D eigenvalue weighted by Gasteiger charge is 2.22. The first-order valence-electron chi connectivity index (χ1n) is 6.03. The maximum Gasteiger partial charge on any atom is 0.165 e. The average molecular weight is 302 g/mol. The van der Waals surface area contributed by atoms with Crippen molar-refractivity contribution in [3.8, 4) is 11.1 Å². The molecule has 2 nitrogen and oxygen atoms in total. The minimum absolute atomic E-state index is 0.222. The summed E-state index contributed by atoms with van der Waals surface area (Å²) in [6, 6.07) is 9.97. The summed E-state index contributed by atoms with van der Waals surface area (Å²) >= 11 is 3.47. The van der Waals surface area contributed by atoms with Gasteiger partial charge in [-0.1, -0.05) is 28.1 Å². The van der Waals surface area contributed by atoms with Crippen LogP contribution in [-0.2, 0) is 6.42 Å². The number of carbonyl (C=O) groups is 1. The number of Topliss-reactive ketones (excluding diaryl/α,β-unsaturated/α-hetero) is 1. The van der Waals surface area contributed by atoms with Gasteiger partial charge in [-0.15, -0.1) is 0 Å². The van der Waals surface area contributed by atoms with Crippen molar-refractivity contribution >= 4 is 21.7 Å². The van der Waals surface area contributed by atoms with Crippen molar-refractivity contribution in [1.29, 1.82) is 0 Å². The van der Waals surface area contributed by atoms with Crippen molar-refractivity contribution in [2.75, 3.05) is 0 Å². The zero-order valence-electron chi connectivity index (χ0n) is 9.82. The Hall–Kier alpha value is -1.48. The second-order valence-corrected chi connectivity index (χ2v) is 5.38. The fourth-order valence-corrected chi connectivity index (χ4v) is 2.84. The Morgan fingerprint density at radius 3 is 2.89 bits per heavy atom. The third kappa shape index (κ3) is 1.99. The van der Waals surface area contributed by atoms with Crippen molar-refractivity contribution in [3.63, 3.8) is 0 Å². The summed E-state index contributed by atoms with van der Waals surface area (Å²) in [6.07, 6.45) is 4.26. The van der Waals surface area contributed by atoms with E-state index in [1.807, 2.05) is 30.3 Å². The molecule has 1 aromatic heterocycles. The molecular weight excluding hydrogens is 290 g/mol. The Kier molecular flexibility index (Phi) is 3.00. The lowest BCUT2D eigenvalue weighted by Gasteiger charge is -2.17. The Bertz CT molecular complexity index is 622. The molecule has 0 spiro atoms. The van der Waals surface area contributed by atoms with Crippen LogP contribution in [0.3, 0.4) is 0 Å². The summed E-state index contributed by atoms with van der Waals surface area (Å²) in [6.45, 7) is 0. The molecule has 0 aliphatic heterocycles. The van der Waals surface area contributed by atoms with Crippen molar-refractivity contribution in [3.05, 3.63) is 52.3 Å². The molecule has 0 fully saturated rings. The lowest BCUT2D eigenvalue weighted by atomic mass is 9.88. The van der Waals surface area contributed by atoms with E-state index in [4.69, 9.17) is 0 Å². The number of pyridine rings is 1. The van der Waals surface area contributed by atoms with Gasteiger partial charge >= 0.3 is 0 Å². The van der Waals surface area contributed by atoms with Gasteiger partial charge in [0.1, 0.15) is 0 Å². The fourth-order valence-electron chi connectivity index (χ4n) is 2.44. The maximum atomic E-state index is 12.1. The number of hydrogen-bond donors (Lipinski definition) is 0. The molecule has 0 atom stereocenters. The second-order valence-electron chi connectivity index (χ2n) is 4.47. The van der Waals surface area contributed by atoms with Gasteiger partial charge in [-0.25, -0.2) is 0 Å². The predicted octanol–water partition coefficient (Wildman–Crippen LogP) is 4.03. The summed E-state index contributed by atoms with van der Waals surface area (Å²) < 4.78 is 1.02. The molecule has 1 aliphatic carbocycles. The standard InChI is InChI=1S/C15H12BrNO/c16-11-4-1-3-10(9-11)12-7-8-17-13-5-2-6-14(18)15(12)13/h1,3-4,7-9H,2,5-6H2. The summed E-state index contributed by atoms with van der Waals surface area (Å²) in [7, 11) is 0. The van der Waals surface area contributed by atoms with Crippen LogP contribution in [0, 0.1) is 0 Å². The van der Waals surface area contributed by atoms with Gasteiger partial charge in [-0.3, -0.25) is 9.78 Å². The molecule has 3 heteroatoms. The molecule has 1 aliphatic rings. The van der Waals surface area contributed by atoms with Crippen LogP contribution in [0.25, 0.3) is 11.1 Å². The molecule has 1 heterocycles. The predicted molar refractivity (Wildman–Crippen MR) is 74.6 cm³/mol. The number of nitrogens with zero attached hydrogens (tertiary/aromatic N) is 1. The third-order valence-corrected chi connectivity index (χ3v) is 3.75. The number of carbonyl (C=O) groups excluding carboxylic acids is 1. The van der Waals surface area contributed by atoms with Crippen LogP contribution in [-0.4, -0.2) is 10.8 Å². The van der Waals surface area contributed by atoms with Crippen molar-refractivity contribution in [2.24, 2.45) is 0 Å². The van der Waals surface area contributed by atoms with Gasteiger partial charge in [0.15, 0.2) is 5.78 Å². The number of ketones is 1. The molecule has 0 saturated carbocycles. The molecule has 0 amide bonds. The Labute approximate surface area is 114 Å². The maximum absolute atomic E-state index is 12.1. The van der Waals surface area contributed by atoms with Crippen LogP contribution >= 0.6 is 15.9 Å². The molecule has 0 unspecified atom stereocenters. The first kappa shape index (κ1) is 11.6. The van der Waals surface area contributed by atoms with Crippen LogP contribution in [0.2, 0.25) is 0 Å². The van der Waals surface area contributed by atoms with E-state index >= 15 is 0 Å². The molecule has 0 bridgehead atoms. The van der Waals surface area contributed by atoms with Crippen LogP contribution in [0.4, 0.5) is 0 Å². The molecule has 2 aromatic rings. The Morgan fingerprint density at radius 2 is 2.06 bits per heavy atom. The largest absolute Gasteiger partial charge is 0.294 e.